The number of esters is 1. The lowest BCUT2D eigenvalue weighted by Crippen LogP contribution is -2.09. The number of cyclic esters (lactones) is 1. The van der Waals surface area contributed by atoms with Crippen LogP contribution in [0.25, 0.3) is 11.4 Å². The molecule has 1 N–H and O–H groups in total. The zero-order valence-corrected chi connectivity index (χ0v) is 11.2. The minimum Gasteiger partial charge on any atom is -0.465 e. The fourth-order valence-electron chi connectivity index (χ4n) is 1.85. The van der Waals surface area contributed by atoms with Crippen molar-refractivity contribution in [1.29, 1.82) is 0 Å². The highest BCUT2D eigenvalue weighted by Crippen LogP contribution is 2.28. The molecule has 0 bridgehead atoms. The molecule has 6 heteroatoms. The predicted octanol–water partition coefficient (Wildman–Crippen LogP) is 2.19. The van der Waals surface area contributed by atoms with E-state index < -0.39 is 0 Å². The first-order chi connectivity index (χ1) is 9.22. The van der Waals surface area contributed by atoms with Gasteiger partial charge in [0, 0.05) is 12.0 Å². The molecule has 1 saturated heterocycles. The Morgan fingerprint density at radius 1 is 1.37 bits per heavy atom. The zero-order valence-electron chi connectivity index (χ0n) is 10.4. The summed E-state index contributed by atoms with van der Waals surface area (Å²) < 4.78 is 4.92. The smallest absolute Gasteiger partial charge is 0.319 e. The summed E-state index contributed by atoms with van der Waals surface area (Å²) in [4.78, 5) is 15.8. The molecule has 2 aromatic rings. The molecule has 2 heterocycles. The van der Waals surface area contributed by atoms with Gasteiger partial charge in [0.05, 0.1) is 6.61 Å². The first-order valence-electron chi connectivity index (χ1n) is 6.05. The summed E-state index contributed by atoms with van der Waals surface area (Å²) >= 11 is 1.35. The number of H-pyrrole nitrogens is 1. The van der Waals surface area contributed by atoms with Crippen LogP contribution < -0.4 is 0 Å². The Balaban J connectivity index is 1.75. The molecule has 1 aliphatic heterocycles. The number of nitrogens with zero attached hydrogens (tertiary/aromatic N) is 2. The number of ether oxygens (including phenoxy) is 1. The Labute approximate surface area is 114 Å². The van der Waals surface area contributed by atoms with Gasteiger partial charge in [0.15, 0.2) is 5.82 Å². The molecule has 5 nitrogen and oxygen atoms in total. The van der Waals surface area contributed by atoms with E-state index >= 15 is 0 Å². The van der Waals surface area contributed by atoms with E-state index in [1.807, 2.05) is 31.2 Å². The van der Waals surface area contributed by atoms with Gasteiger partial charge in [-0.05, 0) is 6.92 Å². The lowest BCUT2D eigenvalue weighted by Gasteiger charge is -1.99. The van der Waals surface area contributed by atoms with Crippen LogP contribution in [-0.4, -0.2) is 33.0 Å². The maximum absolute atomic E-state index is 11.4. The van der Waals surface area contributed by atoms with E-state index in [-0.39, 0.29) is 11.2 Å². The van der Waals surface area contributed by atoms with E-state index in [1.165, 1.54) is 17.3 Å². The highest BCUT2D eigenvalue weighted by Gasteiger charge is 2.28. The van der Waals surface area contributed by atoms with Gasteiger partial charge in [-0.1, -0.05) is 41.6 Å². The van der Waals surface area contributed by atoms with Crippen LogP contribution in [0.1, 0.15) is 12.0 Å². The van der Waals surface area contributed by atoms with Gasteiger partial charge in [-0.25, -0.2) is 4.98 Å². The monoisotopic (exact) mass is 275 g/mol. The van der Waals surface area contributed by atoms with E-state index in [0.717, 1.165) is 12.0 Å². The number of rotatable bonds is 3. The molecule has 3 rings (SSSR count). The number of aryl methyl sites for hydroxylation is 1. The van der Waals surface area contributed by atoms with Crippen molar-refractivity contribution in [3.63, 3.8) is 0 Å². The average Bonchev–Trinajstić information content (AvgIpc) is 3.01. The molecule has 1 aromatic heterocycles. The number of benzene rings is 1. The molecule has 1 fully saturated rings. The van der Waals surface area contributed by atoms with Crippen molar-refractivity contribution >= 4 is 17.7 Å². The van der Waals surface area contributed by atoms with Gasteiger partial charge < -0.3 is 4.74 Å². The molecule has 1 atom stereocenters. The SMILES string of the molecule is Cc1ccc(-c2nc(SC3CCOC3=O)n[nH]2)cc1. The standard InChI is InChI=1S/C13H13N3O2S/c1-8-2-4-9(5-3-8)11-14-13(16-15-11)19-10-6-7-18-12(10)17/h2-5,10H,6-7H2,1H3,(H,14,15,16). The molecule has 1 aliphatic rings. The summed E-state index contributed by atoms with van der Waals surface area (Å²) in [6.07, 6.45) is 0.720. The van der Waals surface area contributed by atoms with Gasteiger partial charge >= 0.3 is 5.97 Å². The quantitative estimate of drug-likeness (QED) is 0.870. The molecular weight excluding hydrogens is 262 g/mol. The van der Waals surface area contributed by atoms with Gasteiger partial charge in [-0.2, -0.15) is 0 Å². The number of hydrogen-bond donors (Lipinski definition) is 1. The van der Waals surface area contributed by atoms with Crippen LogP contribution in [0.4, 0.5) is 0 Å². The molecular formula is C13H13N3O2S. The predicted molar refractivity (Wildman–Crippen MR) is 71.8 cm³/mol. The minimum atomic E-state index is -0.179. The van der Waals surface area contributed by atoms with E-state index in [4.69, 9.17) is 4.74 Å². The molecule has 98 valence electrons. The summed E-state index contributed by atoms with van der Waals surface area (Å²) in [6.45, 7) is 2.53. The Morgan fingerprint density at radius 2 is 2.16 bits per heavy atom. The second-order valence-corrected chi connectivity index (χ2v) is 5.57. The number of aromatic amines is 1. The lowest BCUT2D eigenvalue weighted by atomic mass is 10.1. The van der Waals surface area contributed by atoms with Gasteiger partial charge in [0.25, 0.3) is 0 Å². The largest absolute Gasteiger partial charge is 0.465 e. The number of nitrogens with one attached hydrogen (secondary N) is 1. The maximum atomic E-state index is 11.4. The van der Waals surface area contributed by atoms with Crippen molar-refractivity contribution in [2.45, 2.75) is 23.8 Å². The first kappa shape index (κ1) is 12.2. The van der Waals surface area contributed by atoms with Crippen molar-refractivity contribution in [3.8, 4) is 11.4 Å². The molecule has 0 spiro atoms. The molecule has 1 unspecified atom stereocenters. The van der Waals surface area contributed by atoms with Crippen LogP contribution in [-0.2, 0) is 9.53 Å². The van der Waals surface area contributed by atoms with Crippen molar-refractivity contribution in [2.24, 2.45) is 0 Å². The highest BCUT2D eigenvalue weighted by atomic mass is 32.2. The third kappa shape index (κ3) is 2.63. The third-order valence-corrected chi connectivity index (χ3v) is 4.03. The van der Waals surface area contributed by atoms with Crippen molar-refractivity contribution in [1.82, 2.24) is 15.2 Å². The summed E-state index contributed by atoms with van der Waals surface area (Å²) in [5.74, 6) is 0.542. The number of carbonyl (C=O) groups excluding carboxylic acids is 1. The van der Waals surface area contributed by atoms with Crippen LogP contribution in [0.2, 0.25) is 0 Å². The van der Waals surface area contributed by atoms with Crippen LogP contribution in [0.3, 0.4) is 0 Å². The molecule has 0 aliphatic carbocycles. The van der Waals surface area contributed by atoms with Crippen molar-refractivity contribution in [3.05, 3.63) is 29.8 Å². The van der Waals surface area contributed by atoms with Crippen LogP contribution in [0, 0.1) is 6.92 Å². The fraction of sp³-hybridized carbons (Fsp3) is 0.308. The summed E-state index contributed by atoms with van der Waals surface area (Å²) in [5, 5.41) is 7.43. The molecule has 0 saturated carbocycles. The van der Waals surface area contributed by atoms with Crippen molar-refractivity contribution in [2.75, 3.05) is 6.61 Å². The Kier molecular flexibility index (Phi) is 3.25. The maximum Gasteiger partial charge on any atom is 0.319 e. The summed E-state index contributed by atoms with van der Waals surface area (Å²) in [6, 6.07) is 8.04. The Hall–Kier alpha value is -1.82. The Morgan fingerprint density at radius 3 is 2.84 bits per heavy atom. The number of hydrogen-bond acceptors (Lipinski definition) is 5. The van der Waals surface area contributed by atoms with Gasteiger partial charge in [0.1, 0.15) is 5.25 Å². The molecule has 1 aromatic carbocycles. The lowest BCUT2D eigenvalue weighted by molar-refractivity contribution is -0.137. The number of thioether (sulfide) groups is 1. The molecule has 0 radical (unpaired) electrons. The summed E-state index contributed by atoms with van der Waals surface area (Å²) in [5.41, 5.74) is 2.19. The van der Waals surface area contributed by atoms with Gasteiger partial charge in [0.2, 0.25) is 5.16 Å². The fourth-order valence-corrected chi connectivity index (χ4v) is 2.73. The normalized spacial score (nSPS) is 18.6. The second kappa shape index (κ2) is 5.05. The first-order valence-corrected chi connectivity index (χ1v) is 6.93. The van der Waals surface area contributed by atoms with Gasteiger partial charge in [-0.15, -0.1) is 5.10 Å². The van der Waals surface area contributed by atoms with E-state index in [1.54, 1.807) is 0 Å². The van der Waals surface area contributed by atoms with E-state index in [2.05, 4.69) is 15.2 Å². The second-order valence-electron chi connectivity index (χ2n) is 4.40. The molecule has 0 amide bonds. The third-order valence-electron chi connectivity index (χ3n) is 2.92. The van der Waals surface area contributed by atoms with Crippen molar-refractivity contribution < 1.29 is 9.53 Å². The van der Waals surface area contributed by atoms with E-state index in [0.29, 0.717) is 17.6 Å². The van der Waals surface area contributed by atoms with Crippen LogP contribution >= 0.6 is 11.8 Å². The van der Waals surface area contributed by atoms with Crippen LogP contribution in [0.15, 0.2) is 29.4 Å². The highest BCUT2D eigenvalue weighted by molar-refractivity contribution is 8.00. The van der Waals surface area contributed by atoms with Crippen LogP contribution in [0.5, 0.6) is 0 Å². The average molecular weight is 275 g/mol. The van der Waals surface area contributed by atoms with Gasteiger partial charge in [-0.3, -0.25) is 9.89 Å². The topological polar surface area (TPSA) is 67.9 Å². The zero-order chi connectivity index (χ0) is 13.2. The molecule has 19 heavy (non-hydrogen) atoms. The summed E-state index contributed by atoms with van der Waals surface area (Å²) in [7, 11) is 0. The minimum absolute atomic E-state index is 0.174. The number of carbonyl (C=O) groups is 1. The number of aromatic nitrogens is 3. The van der Waals surface area contributed by atoms with E-state index in [9.17, 15) is 4.79 Å². The Bertz CT molecular complexity index is 594.